The summed E-state index contributed by atoms with van der Waals surface area (Å²) in [7, 11) is 0. The van der Waals surface area contributed by atoms with Gasteiger partial charge in [0.2, 0.25) is 11.8 Å². The van der Waals surface area contributed by atoms with Crippen LogP contribution < -0.4 is 10.6 Å². The van der Waals surface area contributed by atoms with Crippen LogP contribution >= 0.6 is 0 Å². The number of carboxylic acids is 1. The Kier molecular flexibility index (Phi) is 22.4. The van der Waals surface area contributed by atoms with Gasteiger partial charge in [-0.2, -0.15) is 0 Å². The van der Waals surface area contributed by atoms with Crippen molar-refractivity contribution in [3.8, 4) is 0 Å². The molecule has 35 nitrogen and oxygen atoms in total. The minimum Gasteiger partial charge on any atom is -0.477 e. The molecular formula is C43H72N2O33. The lowest BCUT2D eigenvalue weighted by Crippen LogP contribution is -2.71. The molecular weight excluding hydrogens is 1070 g/mol. The van der Waals surface area contributed by atoms with E-state index in [0.717, 1.165) is 13.8 Å². The lowest BCUT2D eigenvalue weighted by molar-refractivity contribution is -0.393. The van der Waals surface area contributed by atoms with Gasteiger partial charge in [-0.05, 0) is 6.92 Å². The van der Waals surface area contributed by atoms with Gasteiger partial charge in [0, 0.05) is 20.3 Å². The summed E-state index contributed by atoms with van der Waals surface area (Å²) < 4.78 is 63.4. The predicted octanol–water partition coefficient (Wildman–Crippen LogP) is -13.6. The molecule has 78 heavy (non-hydrogen) atoms. The number of carbonyl (C=O) groups is 3. The Morgan fingerprint density at radius 1 is 0.551 bits per heavy atom. The zero-order valence-corrected chi connectivity index (χ0v) is 41.8. The maximum Gasteiger partial charge on any atom is 0.364 e. The summed E-state index contributed by atoms with van der Waals surface area (Å²) in [5, 5.41) is 208. The number of carbonyl (C=O) groups excluding carboxylic acids is 2. The van der Waals surface area contributed by atoms with Crippen molar-refractivity contribution in [1.82, 2.24) is 10.6 Å². The molecule has 35 heteroatoms. The van der Waals surface area contributed by atoms with Crippen LogP contribution in [0.5, 0.6) is 0 Å². The van der Waals surface area contributed by atoms with E-state index in [2.05, 4.69) is 10.6 Å². The van der Waals surface area contributed by atoms with Gasteiger partial charge in [0.05, 0.1) is 51.3 Å². The van der Waals surface area contributed by atoms with Gasteiger partial charge in [-0.25, -0.2) is 4.79 Å². The number of rotatable bonds is 20. The fourth-order valence-electron chi connectivity index (χ4n) is 9.86. The van der Waals surface area contributed by atoms with Gasteiger partial charge in [0.15, 0.2) is 31.5 Å². The second-order valence-electron chi connectivity index (χ2n) is 19.7. The summed E-state index contributed by atoms with van der Waals surface area (Å²) >= 11 is 0. The van der Waals surface area contributed by atoms with E-state index in [9.17, 15) is 111 Å². The molecule has 6 fully saturated rings. The molecule has 0 unspecified atom stereocenters. The van der Waals surface area contributed by atoms with Crippen LogP contribution in [-0.4, -0.2) is 338 Å². The summed E-state index contributed by atoms with van der Waals surface area (Å²) in [5.41, 5.74) is 0. The molecule has 0 bridgehead atoms. The van der Waals surface area contributed by atoms with Gasteiger partial charge in [-0.3, -0.25) is 9.59 Å². The predicted molar refractivity (Wildman–Crippen MR) is 238 cm³/mol. The smallest absolute Gasteiger partial charge is 0.364 e. The van der Waals surface area contributed by atoms with Crippen LogP contribution in [0.3, 0.4) is 0 Å². The third-order valence-corrected chi connectivity index (χ3v) is 14.1. The molecule has 452 valence electrons. The van der Waals surface area contributed by atoms with Crippen LogP contribution in [0.15, 0.2) is 0 Å². The number of aliphatic hydroxyl groups excluding tert-OH is 18. The topological polar surface area (TPSA) is 561 Å². The molecule has 6 aliphatic heterocycles. The lowest BCUT2D eigenvalue weighted by Gasteiger charge is -2.52. The average molecular weight is 1150 g/mol. The maximum absolute atomic E-state index is 13.1. The first-order valence-corrected chi connectivity index (χ1v) is 24.6. The van der Waals surface area contributed by atoms with Crippen molar-refractivity contribution in [2.75, 3.05) is 33.0 Å². The fraction of sp³-hybridized carbons (Fsp3) is 0.930. The normalized spacial score (nSPS) is 48.1. The van der Waals surface area contributed by atoms with Crippen LogP contribution in [0.2, 0.25) is 0 Å². The minimum absolute atomic E-state index is 0.835. The van der Waals surface area contributed by atoms with Gasteiger partial charge >= 0.3 is 5.97 Å². The highest BCUT2D eigenvalue weighted by atomic mass is 16.8. The maximum atomic E-state index is 13.1. The van der Waals surface area contributed by atoms with E-state index in [1.165, 1.54) is 6.92 Å². The highest BCUT2D eigenvalue weighted by molar-refractivity contribution is 5.76. The largest absolute Gasteiger partial charge is 0.477 e. The highest BCUT2D eigenvalue weighted by Gasteiger charge is 2.61. The number of hydrogen-bond acceptors (Lipinski definition) is 32. The highest BCUT2D eigenvalue weighted by Crippen LogP contribution is 2.40. The van der Waals surface area contributed by atoms with E-state index in [4.69, 9.17) is 52.1 Å². The molecule has 0 aromatic rings. The standard InChI is InChI=1S/C43H72N2O33/c1-10-21(54)25(58)29(62)39(69-10)76-35-20(45-12(3)51)38(68-9-18-23(56)26(59)30(63)40(73-18)74-32-16(7-48)70-37(65)28(61)27(32)60)72-17(8-49)33(35)75-41-31(64)36(24(57)15(6-47)71-41)78-43(42(66)67)4-13(52)19(44-11(2)50)34(77-43)22(55)14(53)5-46/h10,13-41,46-49,52-65H,4-9H2,1-3H3,(H,44,50)(H,45,51)(H,66,67)/t10-,13-,14+,15+,16+,17+,18+,19+,20+,21+,22+,23-,24-,25+,26-,27+,28+,29-,30+,31+,32+,33+,34+,35+,36-,37+,38+,39-,40-,41-,43-/m0/s1. The van der Waals surface area contributed by atoms with Gasteiger partial charge in [-0.1, -0.05) is 0 Å². The number of amides is 2. The molecule has 0 aliphatic carbocycles. The molecule has 0 spiro atoms. The molecule has 0 saturated carbocycles. The Balaban J connectivity index is 1.32. The van der Waals surface area contributed by atoms with Crippen molar-refractivity contribution < 1.29 is 164 Å². The second kappa shape index (κ2) is 27.1. The molecule has 0 aromatic heterocycles. The minimum atomic E-state index is -3.23. The number of hydrogen-bond donors (Lipinski definition) is 21. The second-order valence-corrected chi connectivity index (χ2v) is 19.7. The number of aliphatic carboxylic acids is 1. The molecule has 0 aromatic carbocycles. The summed E-state index contributed by atoms with van der Waals surface area (Å²) in [4.78, 5) is 38.3. The van der Waals surface area contributed by atoms with Crippen LogP contribution in [0, 0.1) is 0 Å². The first-order valence-electron chi connectivity index (χ1n) is 24.6. The zero-order valence-electron chi connectivity index (χ0n) is 41.8. The van der Waals surface area contributed by atoms with Gasteiger partial charge in [0.25, 0.3) is 5.79 Å². The van der Waals surface area contributed by atoms with Crippen LogP contribution in [0.25, 0.3) is 0 Å². The number of aliphatic hydroxyl groups is 18. The van der Waals surface area contributed by atoms with E-state index in [0.29, 0.717) is 0 Å². The van der Waals surface area contributed by atoms with E-state index >= 15 is 0 Å². The van der Waals surface area contributed by atoms with Crippen molar-refractivity contribution in [2.24, 2.45) is 0 Å². The number of carboxylic acid groups (broad SMARTS) is 1. The quantitative estimate of drug-likeness (QED) is 0.0538. The third kappa shape index (κ3) is 13.7. The fourth-order valence-corrected chi connectivity index (χ4v) is 9.86. The molecule has 6 saturated heterocycles. The van der Waals surface area contributed by atoms with Crippen molar-refractivity contribution in [3.05, 3.63) is 0 Å². The summed E-state index contributed by atoms with van der Waals surface area (Å²) in [6, 6.07) is -3.51. The van der Waals surface area contributed by atoms with Crippen molar-refractivity contribution in [1.29, 1.82) is 0 Å². The molecule has 31 atom stereocenters. The van der Waals surface area contributed by atoms with E-state index < -0.39 is 247 Å². The van der Waals surface area contributed by atoms with Crippen molar-refractivity contribution >= 4 is 17.8 Å². The Morgan fingerprint density at radius 3 is 1.64 bits per heavy atom. The average Bonchev–Trinajstić information content (AvgIpc) is 3.42. The van der Waals surface area contributed by atoms with Crippen molar-refractivity contribution in [2.45, 2.75) is 217 Å². The van der Waals surface area contributed by atoms with E-state index in [1.807, 2.05) is 0 Å². The first kappa shape index (κ1) is 64.4. The van der Waals surface area contributed by atoms with Crippen molar-refractivity contribution in [3.63, 3.8) is 0 Å². The van der Waals surface area contributed by atoms with Crippen LogP contribution in [0.4, 0.5) is 0 Å². The number of ether oxygens (including phenoxy) is 11. The van der Waals surface area contributed by atoms with Gasteiger partial charge in [-0.15, -0.1) is 0 Å². The zero-order chi connectivity index (χ0) is 58.0. The SMILES string of the molecule is CC(=O)N[C@H]1[C@H](OC[C@H]2O[C@@H](O[C@H]3[C@H](O)[C@@H](O)[C@H](O)O[C@@H]3CO)[C@H](O)[C@@H](O)[C@H]2O)O[C@H](CO)[C@@H](O[C@@H]2O[C@H](CO)[C@H](O)[C@H](O[C@]3(C(=O)O)C[C@H](O)[C@@H](NC(C)=O)[C@H]([C@H](O)[C@H](O)CO)O3)[C@H]2O)[C@@H]1O[C@@H]1O[C@@H](C)[C@@H](O)[C@@H](O)[C@@H]1O. The Bertz CT molecular complexity index is 1950. The third-order valence-electron chi connectivity index (χ3n) is 14.1. The summed E-state index contributed by atoms with van der Waals surface area (Å²) in [5.74, 6) is -7.07. The van der Waals surface area contributed by atoms with E-state index in [1.54, 1.807) is 0 Å². The number of nitrogens with one attached hydrogen (secondary N) is 2. The molecule has 6 aliphatic rings. The summed E-state index contributed by atoms with van der Waals surface area (Å²) in [6.07, 6.45) is -57.1. The van der Waals surface area contributed by atoms with Gasteiger partial charge < -0.3 is 160 Å². The van der Waals surface area contributed by atoms with E-state index in [-0.39, 0.29) is 0 Å². The Morgan fingerprint density at radius 2 is 1.06 bits per heavy atom. The molecule has 6 rings (SSSR count). The molecule has 2 amide bonds. The van der Waals surface area contributed by atoms with Crippen LogP contribution in [-0.2, 0) is 66.5 Å². The lowest BCUT2D eigenvalue weighted by atomic mass is 9.88. The van der Waals surface area contributed by atoms with Crippen LogP contribution in [0.1, 0.15) is 27.2 Å². The molecule has 6 heterocycles. The monoisotopic (exact) mass is 1140 g/mol. The molecule has 21 N–H and O–H groups in total. The first-order chi connectivity index (χ1) is 36.6. The Labute approximate surface area is 441 Å². The summed E-state index contributed by atoms with van der Waals surface area (Å²) in [6.45, 7) is -2.07. The Hall–Kier alpha value is -2.75. The van der Waals surface area contributed by atoms with Gasteiger partial charge in [0.1, 0.15) is 134 Å². The molecule has 0 radical (unpaired) electrons.